The minimum atomic E-state index is -0.842. The molecule has 0 aromatic heterocycles. The van der Waals surface area contributed by atoms with Crippen LogP contribution < -0.4 is 0 Å². The Kier molecular flexibility index (Phi) is 4.62. The van der Waals surface area contributed by atoms with E-state index in [0.717, 1.165) is 48.9 Å². The van der Waals surface area contributed by atoms with E-state index in [1.807, 2.05) is 13.8 Å². The summed E-state index contributed by atoms with van der Waals surface area (Å²) in [5.74, 6) is -0.214. The summed E-state index contributed by atoms with van der Waals surface area (Å²) in [7, 11) is 0. The van der Waals surface area contributed by atoms with Gasteiger partial charge in [-0.1, -0.05) is 36.8 Å². The van der Waals surface area contributed by atoms with Crippen molar-refractivity contribution in [1.82, 2.24) is 4.90 Å². The number of benzene rings is 2. The Labute approximate surface area is 155 Å². The van der Waals surface area contributed by atoms with Gasteiger partial charge in [0, 0.05) is 18.6 Å². The van der Waals surface area contributed by atoms with E-state index in [4.69, 9.17) is 0 Å². The normalized spacial score (nSPS) is 28.9. The number of rotatable bonds is 3. The Bertz CT molecular complexity index is 751. The number of fused-ring (bicyclic) bond motifs is 2. The van der Waals surface area contributed by atoms with Crippen LogP contribution in [0.5, 0.6) is 0 Å². The van der Waals surface area contributed by atoms with E-state index in [2.05, 4.69) is 35.2 Å². The number of nitrogens with zero attached hydrogens (tertiary/aromatic N) is 1. The van der Waals surface area contributed by atoms with Crippen LogP contribution in [0.1, 0.15) is 54.4 Å². The molecule has 2 nitrogen and oxygen atoms in total. The van der Waals surface area contributed by atoms with Crippen molar-refractivity contribution < 1.29 is 9.50 Å². The smallest absolute Gasteiger partial charge is 0.123 e. The summed E-state index contributed by atoms with van der Waals surface area (Å²) >= 11 is 0. The van der Waals surface area contributed by atoms with Crippen LogP contribution >= 0.6 is 0 Å². The van der Waals surface area contributed by atoms with E-state index >= 15 is 0 Å². The van der Waals surface area contributed by atoms with Gasteiger partial charge in [-0.15, -0.1) is 0 Å². The van der Waals surface area contributed by atoms with Crippen molar-refractivity contribution in [3.63, 3.8) is 0 Å². The molecule has 0 radical (unpaired) electrons. The maximum absolute atomic E-state index is 13.7. The highest BCUT2D eigenvalue weighted by Crippen LogP contribution is 2.46. The molecule has 2 saturated heterocycles. The predicted octanol–water partition coefficient (Wildman–Crippen LogP) is 4.85. The van der Waals surface area contributed by atoms with E-state index < -0.39 is 5.60 Å². The van der Waals surface area contributed by atoms with Gasteiger partial charge in [-0.2, -0.15) is 0 Å². The average Bonchev–Trinajstić information content (AvgIpc) is 2.56. The summed E-state index contributed by atoms with van der Waals surface area (Å²) in [5.41, 5.74) is 3.20. The third-order valence-electron chi connectivity index (χ3n) is 6.33. The highest BCUT2D eigenvalue weighted by molar-refractivity contribution is 5.40. The third-order valence-corrected chi connectivity index (χ3v) is 6.33. The van der Waals surface area contributed by atoms with Gasteiger partial charge in [-0.05, 0) is 73.9 Å². The number of aliphatic hydroxyl groups is 1. The van der Waals surface area contributed by atoms with Crippen LogP contribution in [0, 0.1) is 19.7 Å². The zero-order valence-electron chi connectivity index (χ0n) is 15.7. The van der Waals surface area contributed by atoms with Crippen molar-refractivity contribution in [2.75, 3.05) is 0 Å². The SMILES string of the molecule is Cc1cc(F)cc(C)c1C1(O)CC2CCCC(C1)N2Cc1ccccc1. The maximum Gasteiger partial charge on any atom is 0.123 e. The van der Waals surface area contributed by atoms with Crippen LogP contribution in [0.2, 0.25) is 0 Å². The molecule has 2 aromatic rings. The summed E-state index contributed by atoms with van der Waals surface area (Å²) in [6.45, 7) is 4.80. The Morgan fingerprint density at radius 1 is 1.04 bits per heavy atom. The summed E-state index contributed by atoms with van der Waals surface area (Å²) in [4.78, 5) is 2.60. The molecule has 2 aliphatic rings. The molecule has 2 aliphatic heterocycles. The lowest BCUT2D eigenvalue weighted by Gasteiger charge is -2.53. The van der Waals surface area contributed by atoms with Gasteiger partial charge in [0.15, 0.2) is 0 Å². The second-order valence-electron chi connectivity index (χ2n) is 8.25. The minimum absolute atomic E-state index is 0.214. The summed E-state index contributed by atoms with van der Waals surface area (Å²) in [6.07, 6.45) is 4.97. The molecular formula is C23H28FNO. The van der Waals surface area contributed by atoms with Crippen LogP contribution in [-0.2, 0) is 12.1 Å². The molecule has 2 aromatic carbocycles. The van der Waals surface area contributed by atoms with Crippen LogP contribution in [0.25, 0.3) is 0 Å². The number of aryl methyl sites for hydroxylation is 2. The second-order valence-corrected chi connectivity index (χ2v) is 8.25. The zero-order valence-corrected chi connectivity index (χ0v) is 15.7. The molecule has 0 aliphatic carbocycles. The molecule has 138 valence electrons. The van der Waals surface area contributed by atoms with Crippen molar-refractivity contribution in [3.8, 4) is 0 Å². The molecule has 3 heteroatoms. The number of hydrogen-bond acceptors (Lipinski definition) is 2. The third kappa shape index (κ3) is 3.19. The van der Waals surface area contributed by atoms with E-state index in [1.54, 1.807) is 12.1 Å². The van der Waals surface area contributed by atoms with E-state index in [9.17, 15) is 9.50 Å². The Balaban J connectivity index is 1.63. The topological polar surface area (TPSA) is 23.5 Å². The van der Waals surface area contributed by atoms with Gasteiger partial charge in [0.05, 0.1) is 5.60 Å². The largest absolute Gasteiger partial charge is 0.385 e. The molecule has 2 bridgehead atoms. The first-order valence-electron chi connectivity index (χ1n) is 9.75. The fraction of sp³-hybridized carbons (Fsp3) is 0.478. The van der Waals surface area contributed by atoms with E-state index in [0.29, 0.717) is 12.1 Å². The fourth-order valence-electron chi connectivity index (χ4n) is 5.42. The van der Waals surface area contributed by atoms with Gasteiger partial charge >= 0.3 is 0 Å². The van der Waals surface area contributed by atoms with E-state index in [1.165, 1.54) is 12.0 Å². The van der Waals surface area contributed by atoms with Gasteiger partial charge < -0.3 is 5.11 Å². The number of hydrogen-bond donors (Lipinski definition) is 1. The highest BCUT2D eigenvalue weighted by Gasteiger charge is 2.47. The lowest BCUT2D eigenvalue weighted by atomic mass is 9.70. The van der Waals surface area contributed by atoms with Crippen LogP contribution in [0.15, 0.2) is 42.5 Å². The van der Waals surface area contributed by atoms with Crippen LogP contribution in [-0.4, -0.2) is 22.1 Å². The monoisotopic (exact) mass is 353 g/mol. The molecule has 0 amide bonds. The van der Waals surface area contributed by atoms with Crippen LogP contribution in [0.3, 0.4) is 0 Å². The van der Waals surface area contributed by atoms with Crippen molar-refractivity contribution in [2.45, 2.75) is 70.2 Å². The maximum atomic E-state index is 13.7. The average molecular weight is 353 g/mol. The van der Waals surface area contributed by atoms with Gasteiger partial charge in [0.2, 0.25) is 0 Å². The quantitative estimate of drug-likeness (QED) is 0.853. The summed E-state index contributed by atoms with van der Waals surface area (Å²) in [5, 5.41) is 11.6. The molecular weight excluding hydrogens is 325 g/mol. The van der Waals surface area contributed by atoms with Gasteiger partial charge in [0.25, 0.3) is 0 Å². The highest BCUT2D eigenvalue weighted by atomic mass is 19.1. The molecule has 26 heavy (non-hydrogen) atoms. The first-order valence-corrected chi connectivity index (χ1v) is 9.75. The summed E-state index contributed by atoms with van der Waals surface area (Å²) in [6, 6.07) is 14.5. The molecule has 1 N–H and O–H groups in total. The number of piperidine rings is 2. The zero-order chi connectivity index (χ0) is 18.3. The summed E-state index contributed by atoms with van der Waals surface area (Å²) < 4.78 is 13.7. The first-order chi connectivity index (χ1) is 12.5. The molecule has 2 atom stereocenters. The Hall–Kier alpha value is -1.71. The van der Waals surface area contributed by atoms with Gasteiger partial charge in [-0.3, -0.25) is 4.90 Å². The van der Waals surface area contributed by atoms with Gasteiger partial charge in [-0.25, -0.2) is 4.39 Å². The lowest BCUT2D eigenvalue weighted by Crippen LogP contribution is -2.56. The van der Waals surface area contributed by atoms with Crippen molar-refractivity contribution in [3.05, 3.63) is 70.5 Å². The number of halogens is 1. The molecule has 4 rings (SSSR count). The second kappa shape index (κ2) is 6.79. The van der Waals surface area contributed by atoms with Crippen molar-refractivity contribution >= 4 is 0 Å². The Morgan fingerprint density at radius 2 is 1.62 bits per heavy atom. The lowest BCUT2D eigenvalue weighted by molar-refractivity contribution is -0.100. The van der Waals surface area contributed by atoms with Crippen molar-refractivity contribution in [1.29, 1.82) is 0 Å². The first kappa shape index (κ1) is 17.7. The van der Waals surface area contributed by atoms with Crippen molar-refractivity contribution in [2.24, 2.45) is 0 Å². The van der Waals surface area contributed by atoms with Gasteiger partial charge in [0.1, 0.15) is 5.82 Å². The molecule has 0 spiro atoms. The fourth-order valence-corrected chi connectivity index (χ4v) is 5.42. The molecule has 2 heterocycles. The van der Waals surface area contributed by atoms with E-state index in [-0.39, 0.29) is 5.82 Å². The minimum Gasteiger partial charge on any atom is -0.385 e. The predicted molar refractivity (Wildman–Crippen MR) is 102 cm³/mol. The molecule has 0 saturated carbocycles. The molecule has 2 fully saturated rings. The Morgan fingerprint density at radius 3 is 2.19 bits per heavy atom. The standard InChI is InChI=1S/C23H28FNO/c1-16-11-19(24)12-17(2)22(16)23(26)13-20-9-6-10-21(14-23)25(20)15-18-7-4-3-5-8-18/h3-5,7-8,11-12,20-21,26H,6,9-10,13-15H2,1-2H3. The molecule has 2 unspecified atom stereocenters. The van der Waals surface area contributed by atoms with Crippen LogP contribution in [0.4, 0.5) is 4.39 Å².